The Labute approximate surface area is 180 Å². The number of hydrogen-bond acceptors (Lipinski definition) is 5. The van der Waals surface area contributed by atoms with Gasteiger partial charge in [0.15, 0.2) is 5.76 Å². The van der Waals surface area contributed by atoms with Gasteiger partial charge in [-0.1, -0.05) is 18.2 Å². The molecule has 1 N–H and O–H groups in total. The summed E-state index contributed by atoms with van der Waals surface area (Å²) in [6.07, 6.45) is 3.58. The summed E-state index contributed by atoms with van der Waals surface area (Å²) in [7, 11) is 0. The average Bonchev–Trinajstić information content (AvgIpc) is 3.41. The third kappa shape index (κ3) is 3.72. The molecule has 2 aliphatic heterocycles. The Morgan fingerprint density at radius 3 is 2.81 bits per heavy atom. The van der Waals surface area contributed by atoms with Crippen molar-refractivity contribution in [3.05, 3.63) is 53.5 Å². The van der Waals surface area contributed by atoms with Crippen LogP contribution in [0.15, 0.2) is 40.9 Å². The first-order valence-corrected chi connectivity index (χ1v) is 10.8. The van der Waals surface area contributed by atoms with Crippen molar-refractivity contribution < 1.29 is 18.7 Å². The van der Waals surface area contributed by atoms with Crippen LogP contribution >= 0.6 is 0 Å². The highest BCUT2D eigenvalue weighted by atomic mass is 16.5. The van der Waals surface area contributed by atoms with Crippen molar-refractivity contribution in [1.29, 1.82) is 0 Å². The lowest BCUT2D eigenvalue weighted by Gasteiger charge is -2.33. The minimum absolute atomic E-state index is 0.115. The standard InChI is InChI=1S/C23H26N4O4/c1-15-18-4-2-3-5-20(18)31-21(15)23(29)26-13-17-6-9-25-27(17)19(14-26)22(28)24-12-16-7-10-30-11-8-16/h2-6,9,16,19H,7-8,10-14H2,1H3,(H,24,28). The molecule has 31 heavy (non-hydrogen) atoms. The first-order chi connectivity index (χ1) is 15.1. The molecule has 8 heteroatoms. The molecule has 1 atom stereocenters. The van der Waals surface area contributed by atoms with E-state index in [1.807, 2.05) is 37.3 Å². The van der Waals surface area contributed by atoms with E-state index in [4.69, 9.17) is 9.15 Å². The summed E-state index contributed by atoms with van der Waals surface area (Å²) in [5.41, 5.74) is 2.34. The molecule has 2 amide bonds. The second-order valence-corrected chi connectivity index (χ2v) is 8.32. The molecule has 0 aliphatic carbocycles. The lowest BCUT2D eigenvalue weighted by molar-refractivity contribution is -0.126. The van der Waals surface area contributed by atoms with Gasteiger partial charge >= 0.3 is 0 Å². The molecular weight excluding hydrogens is 396 g/mol. The van der Waals surface area contributed by atoms with Gasteiger partial charge in [0, 0.05) is 36.9 Å². The molecule has 0 radical (unpaired) electrons. The minimum atomic E-state index is -0.563. The van der Waals surface area contributed by atoms with E-state index >= 15 is 0 Å². The van der Waals surface area contributed by atoms with Crippen molar-refractivity contribution in [2.24, 2.45) is 5.92 Å². The van der Waals surface area contributed by atoms with Gasteiger partial charge in [0.05, 0.1) is 18.8 Å². The highest BCUT2D eigenvalue weighted by Gasteiger charge is 2.35. The molecule has 1 fully saturated rings. The van der Waals surface area contributed by atoms with Gasteiger partial charge in [-0.15, -0.1) is 0 Å². The molecule has 1 saturated heterocycles. The second-order valence-electron chi connectivity index (χ2n) is 8.32. The first-order valence-electron chi connectivity index (χ1n) is 10.8. The van der Waals surface area contributed by atoms with Crippen molar-refractivity contribution in [2.45, 2.75) is 32.4 Å². The summed E-state index contributed by atoms with van der Waals surface area (Å²) in [5.74, 6) is 0.434. The van der Waals surface area contributed by atoms with Crippen molar-refractivity contribution >= 4 is 22.8 Å². The highest BCUT2D eigenvalue weighted by Crippen LogP contribution is 2.28. The van der Waals surface area contributed by atoms with E-state index < -0.39 is 6.04 Å². The summed E-state index contributed by atoms with van der Waals surface area (Å²) >= 11 is 0. The Kier molecular flexibility index (Phi) is 5.23. The molecule has 2 aromatic heterocycles. The fourth-order valence-corrected chi connectivity index (χ4v) is 4.48. The van der Waals surface area contributed by atoms with E-state index in [-0.39, 0.29) is 18.4 Å². The van der Waals surface area contributed by atoms with E-state index in [9.17, 15) is 9.59 Å². The van der Waals surface area contributed by atoms with E-state index in [1.54, 1.807) is 15.8 Å². The highest BCUT2D eigenvalue weighted by molar-refractivity contribution is 5.99. The molecule has 2 aliphatic rings. The van der Waals surface area contributed by atoms with Gasteiger partial charge in [0.2, 0.25) is 5.91 Å². The van der Waals surface area contributed by atoms with Crippen molar-refractivity contribution in [3.8, 4) is 0 Å². The number of aryl methyl sites for hydroxylation is 1. The molecule has 5 rings (SSSR count). The van der Waals surface area contributed by atoms with E-state index in [2.05, 4.69) is 10.4 Å². The van der Waals surface area contributed by atoms with Crippen LogP contribution < -0.4 is 5.32 Å². The number of nitrogens with one attached hydrogen (secondary N) is 1. The molecule has 1 aromatic carbocycles. The zero-order chi connectivity index (χ0) is 21.4. The summed E-state index contributed by atoms with van der Waals surface area (Å²) in [5, 5.41) is 8.34. The van der Waals surface area contributed by atoms with Gasteiger partial charge in [0.25, 0.3) is 5.91 Å². The summed E-state index contributed by atoms with van der Waals surface area (Å²) in [4.78, 5) is 28.1. The van der Waals surface area contributed by atoms with Gasteiger partial charge in [-0.05, 0) is 37.8 Å². The predicted molar refractivity (Wildman–Crippen MR) is 114 cm³/mol. The van der Waals surface area contributed by atoms with Crippen LogP contribution in [0.1, 0.15) is 40.7 Å². The summed E-state index contributed by atoms with van der Waals surface area (Å²) < 4.78 is 13.0. The van der Waals surface area contributed by atoms with Gasteiger partial charge < -0.3 is 19.4 Å². The topological polar surface area (TPSA) is 89.6 Å². The number of carbonyl (C=O) groups is 2. The smallest absolute Gasteiger partial charge is 0.290 e. The second kappa shape index (κ2) is 8.19. The maximum atomic E-state index is 13.4. The number of fused-ring (bicyclic) bond motifs is 2. The van der Waals surface area contributed by atoms with Crippen LogP contribution in [0.2, 0.25) is 0 Å². The third-order valence-electron chi connectivity index (χ3n) is 6.33. The number of carbonyl (C=O) groups excluding carboxylic acids is 2. The predicted octanol–water partition coefficient (Wildman–Crippen LogP) is 2.68. The van der Waals surface area contributed by atoms with E-state index in [0.29, 0.717) is 30.4 Å². The molecule has 3 aromatic rings. The minimum Gasteiger partial charge on any atom is -0.451 e. The largest absolute Gasteiger partial charge is 0.451 e. The van der Waals surface area contributed by atoms with Crippen LogP contribution in [0, 0.1) is 12.8 Å². The number of ether oxygens (including phenoxy) is 1. The Bertz CT molecular complexity index is 1110. The Morgan fingerprint density at radius 2 is 2.00 bits per heavy atom. The summed E-state index contributed by atoms with van der Waals surface area (Å²) in [6, 6.07) is 8.91. The molecule has 162 valence electrons. The molecule has 8 nitrogen and oxygen atoms in total. The van der Waals surface area contributed by atoms with Crippen LogP contribution in [0.4, 0.5) is 0 Å². The number of aromatic nitrogens is 2. The van der Waals surface area contributed by atoms with Crippen LogP contribution in [0.5, 0.6) is 0 Å². The number of furan rings is 1. The van der Waals surface area contributed by atoms with Crippen molar-refractivity contribution in [1.82, 2.24) is 20.0 Å². The number of amides is 2. The van der Waals surface area contributed by atoms with Crippen LogP contribution in [0.25, 0.3) is 11.0 Å². The lowest BCUT2D eigenvalue weighted by Crippen LogP contribution is -2.48. The quantitative estimate of drug-likeness (QED) is 0.698. The van der Waals surface area contributed by atoms with Gasteiger partial charge in [-0.25, -0.2) is 0 Å². The number of rotatable bonds is 4. The van der Waals surface area contributed by atoms with Gasteiger partial charge in [0.1, 0.15) is 11.6 Å². The fraction of sp³-hybridized carbons (Fsp3) is 0.435. The van der Waals surface area contributed by atoms with Crippen molar-refractivity contribution in [2.75, 3.05) is 26.3 Å². The zero-order valence-corrected chi connectivity index (χ0v) is 17.5. The van der Waals surface area contributed by atoms with E-state index in [1.165, 1.54) is 0 Å². The number of hydrogen-bond donors (Lipinski definition) is 1. The average molecular weight is 422 g/mol. The number of benzene rings is 1. The molecular formula is C23H26N4O4. The van der Waals surface area contributed by atoms with Crippen LogP contribution in [0.3, 0.4) is 0 Å². The van der Waals surface area contributed by atoms with Gasteiger partial charge in [-0.3, -0.25) is 14.3 Å². The zero-order valence-electron chi connectivity index (χ0n) is 17.5. The molecule has 0 bridgehead atoms. The maximum Gasteiger partial charge on any atom is 0.290 e. The van der Waals surface area contributed by atoms with Gasteiger partial charge in [-0.2, -0.15) is 5.10 Å². The first kappa shape index (κ1) is 19.8. The summed E-state index contributed by atoms with van der Waals surface area (Å²) in [6.45, 7) is 4.64. The maximum absolute atomic E-state index is 13.4. The molecule has 0 spiro atoms. The normalized spacial score (nSPS) is 19.4. The van der Waals surface area contributed by atoms with Crippen LogP contribution in [-0.4, -0.2) is 52.8 Å². The molecule has 0 saturated carbocycles. The Hall–Kier alpha value is -3.13. The molecule has 4 heterocycles. The monoisotopic (exact) mass is 422 g/mol. The van der Waals surface area contributed by atoms with Crippen molar-refractivity contribution in [3.63, 3.8) is 0 Å². The SMILES string of the molecule is Cc1c(C(=O)N2Cc3ccnn3C(C(=O)NCC3CCOCC3)C2)oc2ccccc12. The van der Waals surface area contributed by atoms with Crippen LogP contribution in [-0.2, 0) is 16.1 Å². The third-order valence-corrected chi connectivity index (χ3v) is 6.33. The number of para-hydroxylation sites is 1. The number of nitrogens with zero attached hydrogens (tertiary/aromatic N) is 3. The molecule has 1 unspecified atom stereocenters. The Balaban J connectivity index is 1.35. The lowest BCUT2D eigenvalue weighted by atomic mass is 10.0. The fourth-order valence-electron chi connectivity index (χ4n) is 4.48. The Morgan fingerprint density at radius 1 is 1.19 bits per heavy atom. The van der Waals surface area contributed by atoms with E-state index in [0.717, 1.165) is 42.7 Å².